The summed E-state index contributed by atoms with van der Waals surface area (Å²) in [7, 11) is 0. The lowest BCUT2D eigenvalue weighted by molar-refractivity contribution is 0.631. The van der Waals surface area contributed by atoms with Crippen molar-refractivity contribution in [1.29, 1.82) is 0 Å². The van der Waals surface area contributed by atoms with Gasteiger partial charge in [0, 0.05) is 12.0 Å². The van der Waals surface area contributed by atoms with Crippen molar-refractivity contribution in [1.82, 2.24) is 10.2 Å². The minimum Gasteiger partial charge on any atom is -0.330 e. The molecule has 0 spiro atoms. The third-order valence-electron chi connectivity index (χ3n) is 2.24. The van der Waals surface area contributed by atoms with E-state index in [9.17, 15) is 4.39 Å². The smallest absolute Gasteiger partial charge is 0.152 e. The summed E-state index contributed by atoms with van der Waals surface area (Å²) in [6.45, 7) is 0.612. The quantitative estimate of drug-likeness (QED) is 0.930. The summed E-state index contributed by atoms with van der Waals surface area (Å²) in [6, 6.07) is 4.85. The van der Waals surface area contributed by atoms with Gasteiger partial charge in [-0.1, -0.05) is 29.0 Å². The Morgan fingerprint density at radius 3 is 2.94 bits per heavy atom. The van der Waals surface area contributed by atoms with Crippen LogP contribution in [0.25, 0.3) is 10.6 Å². The fourth-order valence-corrected chi connectivity index (χ4v) is 2.46. The predicted molar refractivity (Wildman–Crippen MR) is 67.7 cm³/mol. The van der Waals surface area contributed by atoms with Gasteiger partial charge in [-0.25, -0.2) is 4.39 Å². The van der Waals surface area contributed by atoms with Gasteiger partial charge in [0.2, 0.25) is 0 Å². The van der Waals surface area contributed by atoms with Crippen LogP contribution in [0.1, 0.15) is 11.4 Å². The second-order valence-corrected chi connectivity index (χ2v) is 4.96. The molecule has 2 N–H and O–H groups in total. The highest BCUT2D eigenvalue weighted by molar-refractivity contribution is 7.14. The number of aromatic nitrogens is 2. The largest absolute Gasteiger partial charge is 0.330 e. The first-order valence-corrected chi connectivity index (χ1v) is 6.38. The number of rotatable bonds is 4. The van der Waals surface area contributed by atoms with Gasteiger partial charge in [-0.3, -0.25) is 0 Å². The Kier molecular flexibility index (Phi) is 4.04. The zero-order chi connectivity index (χ0) is 12.3. The first-order valence-electron chi connectivity index (χ1n) is 5.19. The van der Waals surface area contributed by atoms with E-state index in [-0.39, 0.29) is 5.02 Å². The zero-order valence-electron chi connectivity index (χ0n) is 8.99. The lowest BCUT2D eigenvalue weighted by Gasteiger charge is -1.99. The normalized spacial score (nSPS) is 10.8. The lowest BCUT2D eigenvalue weighted by atomic mass is 10.2. The van der Waals surface area contributed by atoms with Gasteiger partial charge in [0.25, 0.3) is 0 Å². The highest BCUT2D eigenvalue weighted by Gasteiger charge is 2.13. The van der Waals surface area contributed by atoms with Crippen LogP contribution >= 0.6 is 22.9 Å². The Morgan fingerprint density at radius 1 is 1.35 bits per heavy atom. The number of benzene rings is 1. The number of hydrogen-bond acceptors (Lipinski definition) is 4. The van der Waals surface area contributed by atoms with Crippen LogP contribution in [0, 0.1) is 5.82 Å². The van der Waals surface area contributed by atoms with Crippen molar-refractivity contribution in [2.24, 2.45) is 5.73 Å². The van der Waals surface area contributed by atoms with Crippen molar-refractivity contribution < 1.29 is 4.39 Å². The minimum atomic E-state index is -0.448. The molecule has 0 amide bonds. The molecule has 2 aromatic rings. The fourth-order valence-electron chi connectivity index (χ4n) is 1.39. The zero-order valence-corrected chi connectivity index (χ0v) is 10.6. The molecule has 0 aliphatic carbocycles. The first-order chi connectivity index (χ1) is 8.22. The molecule has 2 rings (SSSR count). The molecule has 0 radical (unpaired) electrons. The molecule has 3 nitrogen and oxygen atoms in total. The van der Waals surface area contributed by atoms with Crippen LogP contribution < -0.4 is 5.73 Å². The summed E-state index contributed by atoms with van der Waals surface area (Å²) >= 11 is 7.09. The highest BCUT2D eigenvalue weighted by atomic mass is 35.5. The van der Waals surface area contributed by atoms with Crippen LogP contribution in [0.3, 0.4) is 0 Å². The summed E-state index contributed by atoms with van der Waals surface area (Å²) in [4.78, 5) is 0. The molecule has 1 aromatic heterocycles. The Morgan fingerprint density at radius 2 is 2.18 bits per heavy atom. The van der Waals surface area contributed by atoms with Crippen molar-refractivity contribution in [2.75, 3.05) is 6.54 Å². The van der Waals surface area contributed by atoms with Crippen LogP contribution in [0.2, 0.25) is 5.02 Å². The number of halogens is 2. The van der Waals surface area contributed by atoms with E-state index in [0.717, 1.165) is 17.8 Å². The predicted octanol–water partition coefficient (Wildman–Crippen LogP) is 2.89. The number of hydrogen-bond donors (Lipinski definition) is 1. The van der Waals surface area contributed by atoms with Crippen molar-refractivity contribution >= 4 is 22.9 Å². The van der Waals surface area contributed by atoms with E-state index in [4.69, 9.17) is 17.3 Å². The fraction of sp³-hybridized carbons (Fsp3) is 0.273. The summed E-state index contributed by atoms with van der Waals surface area (Å²) in [5.41, 5.74) is 5.81. The summed E-state index contributed by atoms with van der Waals surface area (Å²) in [5, 5.41) is 9.49. The SMILES string of the molecule is NCCCc1nnc(-c2cccc(Cl)c2F)s1. The molecule has 1 aromatic carbocycles. The second-order valence-electron chi connectivity index (χ2n) is 3.49. The average Bonchev–Trinajstić information content (AvgIpc) is 2.78. The monoisotopic (exact) mass is 271 g/mol. The highest BCUT2D eigenvalue weighted by Crippen LogP contribution is 2.29. The standard InChI is InChI=1S/C11H11ClFN3S/c12-8-4-1-3-7(10(8)13)11-16-15-9(17-11)5-2-6-14/h1,3-4H,2,5-6,14H2. The van der Waals surface area contributed by atoms with E-state index in [1.165, 1.54) is 17.4 Å². The van der Waals surface area contributed by atoms with Crippen LogP contribution in [-0.2, 0) is 6.42 Å². The van der Waals surface area contributed by atoms with Gasteiger partial charge in [0.15, 0.2) is 10.8 Å². The van der Waals surface area contributed by atoms with Gasteiger partial charge in [-0.2, -0.15) is 0 Å². The first kappa shape index (κ1) is 12.4. The van der Waals surface area contributed by atoms with E-state index in [2.05, 4.69) is 10.2 Å². The van der Waals surface area contributed by atoms with Crippen LogP contribution in [0.15, 0.2) is 18.2 Å². The average molecular weight is 272 g/mol. The maximum absolute atomic E-state index is 13.7. The number of aryl methyl sites for hydroxylation is 1. The topological polar surface area (TPSA) is 51.8 Å². The Bertz CT molecular complexity index is 515. The number of nitrogens with two attached hydrogens (primary N) is 1. The van der Waals surface area contributed by atoms with E-state index >= 15 is 0 Å². The molecule has 17 heavy (non-hydrogen) atoms. The van der Waals surface area contributed by atoms with Gasteiger partial charge in [0.1, 0.15) is 5.01 Å². The van der Waals surface area contributed by atoms with Gasteiger partial charge in [-0.15, -0.1) is 10.2 Å². The Hall–Kier alpha value is -1.04. The molecular weight excluding hydrogens is 261 g/mol. The molecule has 0 atom stereocenters. The van der Waals surface area contributed by atoms with Crippen LogP contribution in [0.5, 0.6) is 0 Å². The third kappa shape index (κ3) is 2.80. The summed E-state index contributed by atoms with van der Waals surface area (Å²) in [6.07, 6.45) is 1.63. The molecular formula is C11H11ClFN3S. The lowest BCUT2D eigenvalue weighted by Crippen LogP contribution is -1.99. The molecule has 0 fully saturated rings. The molecule has 0 saturated heterocycles. The van der Waals surface area contributed by atoms with Gasteiger partial charge in [0.05, 0.1) is 5.02 Å². The minimum absolute atomic E-state index is 0.0983. The Balaban J connectivity index is 2.27. The van der Waals surface area contributed by atoms with Crippen LogP contribution in [0.4, 0.5) is 4.39 Å². The van der Waals surface area contributed by atoms with Gasteiger partial charge < -0.3 is 5.73 Å². The third-order valence-corrected chi connectivity index (χ3v) is 3.55. The molecule has 0 aliphatic heterocycles. The van der Waals surface area contributed by atoms with Crippen molar-refractivity contribution in [2.45, 2.75) is 12.8 Å². The molecule has 0 saturated carbocycles. The molecule has 1 heterocycles. The summed E-state index contributed by atoms with van der Waals surface area (Å²) < 4.78 is 13.7. The molecule has 0 aliphatic rings. The maximum Gasteiger partial charge on any atom is 0.152 e. The van der Waals surface area contributed by atoms with E-state index in [1.807, 2.05) is 0 Å². The van der Waals surface area contributed by atoms with E-state index in [0.29, 0.717) is 17.1 Å². The van der Waals surface area contributed by atoms with Gasteiger partial charge in [-0.05, 0) is 25.1 Å². The van der Waals surface area contributed by atoms with Crippen molar-refractivity contribution in [3.8, 4) is 10.6 Å². The van der Waals surface area contributed by atoms with E-state index in [1.54, 1.807) is 12.1 Å². The molecule has 90 valence electrons. The van der Waals surface area contributed by atoms with Gasteiger partial charge >= 0.3 is 0 Å². The van der Waals surface area contributed by atoms with Crippen LogP contribution in [-0.4, -0.2) is 16.7 Å². The van der Waals surface area contributed by atoms with E-state index < -0.39 is 5.82 Å². The summed E-state index contributed by atoms with van der Waals surface area (Å²) in [5.74, 6) is -0.448. The van der Waals surface area contributed by atoms with Crippen molar-refractivity contribution in [3.05, 3.63) is 34.0 Å². The Labute approximate surface area is 107 Å². The molecule has 6 heteroatoms. The van der Waals surface area contributed by atoms with Crippen molar-refractivity contribution in [3.63, 3.8) is 0 Å². The number of nitrogens with zero attached hydrogens (tertiary/aromatic N) is 2. The second kappa shape index (κ2) is 5.53. The maximum atomic E-state index is 13.7. The molecule has 0 unspecified atom stereocenters. The molecule has 0 bridgehead atoms.